The fraction of sp³-hybridized carbons (Fsp3) is 0.500. The summed E-state index contributed by atoms with van der Waals surface area (Å²) < 4.78 is 11.0. The number of nitrogens with zero attached hydrogens (tertiary/aromatic N) is 4. The largest absolute Gasteiger partial charge is 0.442 e. The SMILES string of the molecule is COCC1=NC2=C(CCN(C(=O)c3c(C)oc4ncnc(NC5(C)CC5)c34)C2)C(=O)C1. The van der Waals surface area contributed by atoms with Crippen molar-refractivity contribution in [2.45, 2.75) is 45.1 Å². The van der Waals surface area contributed by atoms with Gasteiger partial charge in [0.05, 0.1) is 41.9 Å². The van der Waals surface area contributed by atoms with E-state index in [0.29, 0.717) is 59.2 Å². The molecule has 2 aromatic heterocycles. The first-order valence-corrected chi connectivity index (χ1v) is 10.5. The lowest BCUT2D eigenvalue weighted by Gasteiger charge is -2.31. The number of rotatable bonds is 5. The second kappa shape index (κ2) is 7.26. The van der Waals surface area contributed by atoms with Crippen LogP contribution in [0.2, 0.25) is 0 Å². The zero-order valence-electron chi connectivity index (χ0n) is 17.9. The fourth-order valence-electron chi connectivity index (χ4n) is 4.25. The van der Waals surface area contributed by atoms with Gasteiger partial charge in [-0.2, -0.15) is 0 Å². The zero-order chi connectivity index (χ0) is 21.8. The molecule has 0 unspecified atom stereocenters. The van der Waals surface area contributed by atoms with Crippen molar-refractivity contribution in [1.29, 1.82) is 0 Å². The highest BCUT2D eigenvalue weighted by Gasteiger charge is 2.39. The van der Waals surface area contributed by atoms with Crippen molar-refractivity contribution in [3.63, 3.8) is 0 Å². The van der Waals surface area contributed by atoms with Gasteiger partial charge in [-0.1, -0.05) is 0 Å². The summed E-state index contributed by atoms with van der Waals surface area (Å²) in [4.78, 5) is 41.0. The summed E-state index contributed by atoms with van der Waals surface area (Å²) in [6.07, 6.45) is 4.34. The summed E-state index contributed by atoms with van der Waals surface area (Å²) in [5.41, 5.74) is 2.94. The number of hydrogen-bond acceptors (Lipinski definition) is 8. The molecule has 2 aromatic rings. The number of amides is 1. The van der Waals surface area contributed by atoms with Gasteiger partial charge < -0.3 is 19.4 Å². The summed E-state index contributed by atoms with van der Waals surface area (Å²) in [6, 6.07) is 0. The highest BCUT2D eigenvalue weighted by atomic mass is 16.5. The molecule has 0 bridgehead atoms. The van der Waals surface area contributed by atoms with Crippen molar-refractivity contribution in [2.24, 2.45) is 4.99 Å². The summed E-state index contributed by atoms with van der Waals surface area (Å²) in [5, 5.41) is 4.06. The number of Topliss-reactive ketones (excluding diaryl/α,β-unsaturated/α-hetero) is 1. The highest BCUT2D eigenvalue weighted by Crippen LogP contribution is 2.40. The predicted octanol–water partition coefficient (Wildman–Crippen LogP) is 2.66. The molecule has 2 aliphatic heterocycles. The van der Waals surface area contributed by atoms with Gasteiger partial charge in [-0.15, -0.1) is 0 Å². The maximum Gasteiger partial charge on any atom is 0.258 e. The Morgan fingerprint density at radius 3 is 2.90 bits per heavy atom. The molecule has 0 aromatic carbocycles. The minimum absolute atomic E-state index is 0.00740. The molecule has 0 spiro atoms. The van der Waals surface area contributed by atoms with Crippen LogP contribution in [0.1, 0.15) is 48.7 Å². The number of hydrogen-bond donors (Lipinski definition) is 1. The van der Waals surface area contributed by atoms with Gasteiger partial charge in [-0.25, -0.2) is 9.97 Å². The molecule has 1 amide bonds. The third-order valence-corrected chi connectivity index (χ3v) is 6.21. The van der Waals surface area contributed by atoms with Gasteiger partial charge in [-0.3, -0.25) is 14.6 Å². The van der Waals surface area contributed by atoms with Crippen molar-refractivity contribution in [2.75, 3.05) is 32.1 Å². The molecule has 0 saturated heterocycles. The number of furan rings is 1. The topological polar surface area (TPSA) is 110 Å². The van der Waals surface area contributed by atoms with E-state index >= 15 is 0 Å². The molecule has 9 heteroatoms. The quantitative estimate of drug-likeness (QED) is 0.787. The Kier molecular flexibility index (Phi) is 4.65. The summed E-state index contributed by atoms with van der Waals surface area (Å²) >= 11 is 0. The number of nitrogens with one attached hydrogen (secondary N) is 1. The smallest absolute Gasteiger partial charge is 0.258 e. The number of aryl methyl sites for hydroxylation is 1. The normalized spacial score (nSPS) is 20.0. The molecule has 9 nitrogen and oxygen atoms in total. The van der Waals surface area contributed by atoms with E-state index < -0.39 is 0 Å². The Balaban J connectivity index is 1.48. The number of aromatic nitrogens is 2. The monoisotopic (exact) mass is 423 g/mol. The van der Waals surface area contributed by atoms with E-state index in [2.05, 4.69) is 27.2 Å². The van der Waals surface area contributed by atoms with Gasteiger partial charge in [0.1, 0.15) is 17.9 Å². The first-order valence-electron chi connectivity index (χ1n) is 10.5. The number of methoxy groups -OCH3 is 1. The summed E-state index contributed by atoms with van der Waals surface area (Å²) in [6.45, 7) is 4.95. The second-order valence-corrected chi connectivity index (χ2v) is 8.73. The molecule has 162 valence electrons. The van der Waals surface area contributed by atoms with Gasteiger partial charge in [0.15, 0.2) is 5.78 Å². The third kappa shape index (κ3) is 3.52. The molecule has 4 heterocycles. The molecule has 0 atom stereocenters. The van der Waals surface area contributed by atoms with Crippen LogP contribution in [0.15, 0.2) is 27.0 Å². The van der Waals surface area contributed by atoms with Gasteiger partial charge in [0.2, 0.25) is 5.71 Å². The van der Waals surface area contributed by atoms with Gasteiger partial charge in [-0.05, 0) is 33.1 Å². The van der Waals surface area contributed by atoms with Crippen LogP contribution in [0.5, 0.6) is 0 Å². The molecule has 0 radical (unpaired) electrons. The maximum absolute atomic E-state index is 13.6. The standard InChI is InChI=1S/C22H25N5O4/c1-12-17(18-19(26-22(2)5-6-22)23-11-24-20(18)31-12)21(29)27-7-4-14-15(9-27)25-13(10-30-3)8-16(14)28/h11H,4-10H2,1-3H3,(H,23,24,26). The van der Waals surface area contributed by atoms with E-state index in [4.69, 9.17) is 9.15 Å². The minimum atomic E-state index is -0.164. The molecule has 3 aliphatic rings. The second-order valence-electron chi connectivity index (χ2n) is 8.73. The van der Waals surface area contributed by atoms with Crippen LogP contribution in [-0.2, 0) is 9.53 Å². The van der Waals surface area contributed by atoms with Crippen LogP contribution in [0, 0.1) is 6.92 Å². The number of ketones is 1. The molecule has 31 heavy (non-hydrogen) atoms. The summed E-state index contributed by atoms with van der Waals surface area (Å²) in [7, 11) is 1.58. The van der Waals surface area contributed by atoms with Crippen molar-refractivity contribution < 1.29 is 18.7 Å². The van der Waals surface area contributed by atoms with Gasteiger partial charge in [0.25, 0.3) is 5.91 Å². The van der Waals surface area contributed by atoms with E-state index in [0.717, 1.165) is 18.4 Å². The summed E-state index contributed by atoms with van der Waals surface area (Å²) in [5.74, 6) is 1.04. The molecule has 1 aliphatic carbocycles. The van der Waals surface area contributed by atoms with Crippen molar-refractivity contribution in [3.8, 4) is 0 Å². The van der Waals surface area contributed by atoms with Crippen molar-refractivity contribution >= 4 is 34.3 Å². The van der Waals surface area contributed by atoms with E-state index in [1.54, 1.807) is 18.9 Å². The number of ether oxygens (including phenoxy) is 1. The highest BCUT2D eigenvalue weighted by molar-refractivity contribution is 6.13. The predicted molar refractivity (Wildman–Crippen MR) is 114 cm³/mol. The molecule has 1 fully saturated rings. The van der Waals surface area contributed by atoms with Crippen LogP contribution in [0.4, 0.5) is 5.82 Å². The van der Waals surface area contributed by atoms with E-state index in [9.17, 15) is 9.59 Å². The number of carbonyl (C=O) groups is 2. The first-order chi connectivity index (χ1) is 14.9. The lowest BCUT2D eigenvalue weighted by Crippen LogP contribution is -2.39. The van der Waals surface area contributed by atoms with Crippen molar-refractivity contribution in [1.82, 2.24) is 14.9 Å². The average Bonchev–Trinajstić information content (AvgIpc) is 3.35. The number of fused-ring (bicyclic) bond motifs is 1. The average molecular weight is 423 g/mol. The van der Waals surface area contributed by atoms with Crippen LogP contribution in [0.25, 0.3) is 11.1 Å². The lowest BCUT2D eigenvalue weighted by molar-refractivity contribution is -0.115. The zero-order valence-corrected chi connectivity index (χ0v) is 17.9. The Hall–Kier alpha value is -3.07. The Labute approximate surface area is 179 Å². The van der Waals surface area contributed by atoms with Crippen LogP contribution < -0.4 is 5.32 Å². The fourth-order valence-corrected chi connectivity index (χ4v) is 4.25. The maximum atomic E-state index is 13.6. The number of anilines is 1. The van der Waals surface area contributed by atoms with E-state index in [-0.39, 0.29) is 30.2 Å². The van der Waals surface area contributed by atoms with E-state index in [1.807, 2.05) is 0 Å². The minimum Gasteiger partial charge on any atom is -0.442 e. The molecule has 5 rings (SSSR count). The Morgan fingerprint density at radius 2 is 2.16 bits per heavy atom. The van der Waals surface area contributed by atoms with E-state index in [1.165, 1.54) is 6.33 Å². The molecule has 1 N–H and O–H groups in total. The third-order valence-electron chi connectivity index (χ3n) is 6.21. The Bertz CT molecular complexity index is 1160. The van der Waals surface area contributed by atoms with Crippen LogP contribution >= 0.6 is 0 Å². The number of aliphatic imine (C=N–C) groups is 1. The molecule has 1 saturated carbocycles. The first kappa shape index (κ1) is 19.9. The van der Waals surface area contributed by atoms with Crippen LogP contribution in [0.3, 0.4) is 0 Å². The Morgan fingerprint density at radius 1 is 1.35 bits per heavy atom. The van der Waals surface area contributed by atoms with Crippen molar-refractivity contribution in [3.05, 3.63) is 28.9 Å². The lowest BCUT2D eigenvalue weighted by atomic mass is 9.94. The van der Waals surface area contributed by atoms with Gasteiger partial charge >= 0.3 is 0 Å². The number of carbonyl (C=O) groups excluding carboxylic acids is 2. The molecular weight excluding hydrogens is 398 g/mol. The van der Waals surface area contributed by atoms with Crippen LogP contribution in [-0.4, -0.2) is 64.6 Å². The van der Waals surface area contributed by atoms with Gasteiger partial charge in [0, 0.05) is 24.8 Å². The molecular formula is C22H25N5O4.